The van der Waals surface area contributed by atoms with Crippen LogP contribution in [-0.4, -0.2) is 15.0 Å². The third-order valence-electron chi connectivity index (χ3n) is 11.4. The Kier molecular flexibility index (Phi) is 7.43. The first-order chi connectivity index (χ1) is 29.2. The number of pyridine rings is 2. The molecule has 12 rings (SSSR count). The van der Waals surface area contributed by atoms with Crippen molar-refractivity contribution in [1.82, 2.24) is 15.0 Å². The van der Waals surface area contributed by atoms with E-state index in [9.17, 15) is 0 Å². The van der Waals surface area contributed by atoms with Gasteiger partial charge in [-0.25, -0.2) is 4.98 Å². The van der Waals surface area contributed by atoms with Gasteiger partial charge in [0.25, 0.3) is 0 Å². The number of furan rings is 1. The van der Waals surface area contributed by atoms with Crippen LogP contribution < -0.4 is 4.90 Å². The van der Waals surface area contributed by atoms with Crippen molar-refractivity contribution in [2.75, 3.05) is 4.90 Å². The van der Waals surface area contributed by atoms with Gasteiger partial charge < -0.3 is 13.7 Å². The normalized spacial score (nSPS) is 11.7. The minimum Gasteiger partial charge on any atom is -0.456 e. The van der Waals surface area contributed by atoms with Gasteiger partial charge in [0.1, 0.15) is 16.7 Å². The van der Waals surface area contributed by atoms with Crippen molar-refractivity contribution in [3.8, 4) is 34.0 Å². The Balaban J connectivity index is 0.929. The molecule has 0 spiro atoms. The van der Waals surface area contributed by atoms with Crippen molar-refractivity contribution in [1.29, 1.82) is 0 Å². The fourth-order valence-corrected chi connectivity index (χ4v) is 8.35. The predicted octanol–water partition coefficient (Wildman–Crippen LogP) is 14.4. The summed E-state index contributed by atoms with van der Waals surface area (Å²) in [5.74, 6) is 0.597. The van der Waals surface area contributed by atoms with Crippen LogP contribution in [0.25, 0.3) is 99.3 Å². The Hall–Kier alpha value is -8.09. The maximum absolute atomic E-state index is 6.19. The molecule has 0 saturated carbocycles. The van der Waals surface area contributed by atoms with Gasteiger partial charge >= 0.3 is 0 Å². The highest BCUT2D eigenvalue weighted by Crippen LogP contribution is 2.40. The van der Waals surface area contributed by atoms with Gasteiger partial charge in [-0.15, -0.1) is 0 Å². The molecule has 0 unspecified atom stereocenters. The van der Waals surface area contributed by atoms with E-state index < -0.39 is 0 Å². The summed E-state index contributed by atoms with van der Waals surface area (Å²) in [6, 6.07) is 63.2. The zero-order chi connectivity index (χ0) is 38.9. The first-order valence-corrected chi connectivity index (χ1v) is 19.6. The average molecular weight is 757 g/mol. The van der Waals surface area contributed by atoms with Gasteiger partial charge in [0.2, 0.25) is 5.89 Å². The molecule has 0 amide bonds. The van der Waals surface area contributed by atoms with Crippen LogP contribution in [-0.2, 0) is 0 Å². The monoisotopic (exact) mass is 756 g/mol. The molecule has 4 aromatic heterocycles. The predicted molar refractivity (Wildman–Crippen MR) is 240 cm³/mol. The lowest BCUT2D eigenvalue weighted by Crippen LogP contribution is -2.10. The number of hydrogen-bond acceptors (Lipinski definition) is 6. The fraction of sp³-hybridized carbons (Fsp3) is 0. The zero-order valence-electron chi connectivity index (χ0n) is 31.6. The molecule has 12 aromatic rings. The topological polar surface area (TPSA) is 68.2 Å². The molecular weight excluding hydrogens is 725 g/mol. The molecular formula is C53H32N4O2. The number of rotatable bonds is 6. The number of fused-ring (bicyclic) bond motifs is 8. The van der Waals surface area contributed by atoms with Crippen LogP contribution in [0.3, 0.4) is 0 Å². The number of benzene rings is 8. The molecule has 0 aliphatic heterocycles. The van der Waals surface area contributed by atoms with E-state index in [1.54, 1.807) is 0 Å². The lowest BCUT2D eigenvalue weighted by atomic mass is 9.98. The molecule has 0 fully saturated rings. The molecule has 0 bridgehead atoms. The molecule has 0 atom stereocenters. The summed E-state index contributed by atoms with van der Waals surface area (Å²) in [5, 5.41) is 9.13. The largest absolute Gasteiger partial charge is 0.456 e. The maximum atomic E-state index is 6.19. The molecule has 6 heteroatoms. The summed E-state index contributed by atoms with van der Waals surface area (Å²) in [7, 11) is 0. The Bertz CT molecular complexity index is 3540. The van der Waals surface area contributed by atoms with E-state index in [-0.39, 0.29) is 0 Å². The molecule has 0 radical (unpaired) electrons. The summed E-state index contributed by atoms with van der Waals surface area (Å²) in [6.07, 6.45) is 3.87. The van der Waals surface area contributed by atoms with E-state index in [1.165, 1.54) is 21.5 Å². The lowest BCUT2D eigenvalue weighted by molar-refractivity contribution is 0.620. The Morgan fingerprint density at radius 1 is 0.356 bits per heavy atom. The summed E-state index contributed by atoms with van der Waals surface area (Å²) in [4.78, 5) is 16.7. The number of anilines is 3. The zero-order valence-corrected chi connectivity index (χ0v) is 31.6. The highest BCUT2D eigenvalue weighted by Gasteiger charge is 2.17. The number of nitrogens with zero attached hydrogens (tertiary/aromatic N) is 4. The minimum atomic E-state index is 0.597. The number of hydrogen-bond donors (Lipinski definition) is 0. The van der Waals surface area contributed by atoms with Crippen LogP contribution in [0.5, 0.6) is 0 Å². The second-order valence-electron chi connectivity index (χ2n) is 14.9. The third-order valence-corrected chi connectivity index (χ3v) is 11.4. The van der Waals surface area contributed by atoms with Gasteiger partial charge in [-0.05, 0) is 106 Å². The van der Waals surface area contributed by atoms with Crippen LogP contribution in [0.15, 0.2) is 203 Å². The van der Waals surface area contributed by atoms with Gasteiger partial charge in [-0.2, -0.15) is 0 Å². The van der Waals surface area contributed by atoms with Gasteiger partial charge in [-0.1, -0.05) is 97.1 Å². The van der Waals surface area contributed by atoms with Crippen LogP contribution in [0, 0.1) is 0 Å². The molecule has 59 heavy (non-hydrogen) atoms. The molecule has 0 N–H and O–H groups in total. The molecule has 0 saturated heterocycles. The molecule has 276 valence electrons. The van der Waals surface area contributed by atoms with E-state index in [0.29, 0.717) is 5.89 Å². The number of oxazole rings is 1. The number of aromatic nitrogens is 3. The lowest BCUT2D eigenvalue weighted by Gasteiger charge is -2.26. The number of para-hydroxylation sites is 3. The Morgan fingerprint density at radius 2 is 0.983 bits per heavy atom. The van der Waals surface area contributed by atoms with E-state index in [1.807, 2.05) is 67.0 Å². The quantitative estimate of drug-likeness (QED) is 0.157. The van der Waals surface area contributed by atoms with Crippen LogP contribution >= 0.6 is 0 Å². The Morgan fingerprint density at radius 3 is 1.80 bits per heavy atom. The van der Waals surface area contributed by atoms with Crippen molar-refractivity contribution >= 4 is 82.4 Å². The van der Waals surface area contributed by atoms with E-state index in [4.69, 9.17) is 23.8 Å². The molecule has 0 aliphatic rings. The third kappa shape index (κ3) is 5.69. The van der Waals surface area contributed by atoms with Crippen molar-refractivity contribution in [2.45, 2.75) is 0 Å². The second kappa shape index (κ2) is 13.3. The van der Waals surface area contributed by atoms with E-state index in [0.717, 1.165) is 89.0 Å². The standard InChI is InChI=1S/C53H32N4O2/c1-2-8-39-31-54-48(29-35(39)7-1)38-19-25-43-36(27-38)13-14-37-28-42(24-26-44(37)43)57(41-22-17-34(18-23-41)53-56-47-10-4-6-12-51(47)59-53)40-20-15-33(16-21-40)49-30-52-46(32-55-49)45-9-3-5-11-50(45)58-52/h1-32H. The van der Waals surface area contributed by atoms with Crippen molar-refractivity contribution in [3.63, 3.8) is 0 Å². The van der Waals surface area contributed by atoms with E-state index in [2.05, 4.69) is 132 Å². The summed E-state index contributed by atoms with van der Waals surface area (Å²) < 4.78 is 12.3. The van der Waals surface area contributed by atoms with Crippen LogP contribution in [0.2, 0.25) is 0 Å². The molecule has 6 nitrogen and oxygen atoms in total. The van der Waals surface area contributed by atoms with Gasteiger partial charge in [0.15, 0.2) is 5.58 Å². The maximum Gasteiger partial charge on any atom is 0.227 e. The molecule has 8 aromatic carbocycles. The molecule has 4 heterocycles. The first kappa shape index (κ1) is 33.1. The van der Waals surface area contributed by atoms with Crippen molar-refractivity contribution in [2.24, 2.45) is 0 Å². The van der Waals surface area contributed by atoms with Gasteiger partial charge in [0, 0.05) is 68.4 Å². The summed E-state index contributed by atoms with van der Waals surface area (Å²) >= 11 is 0. The minimum absolute atomic E-state index is 0.597. The second-order valence-corrected chi connectivity index (χ2v) is 14.9. The van der Waals surface area contributed by atoms with E-state index >= 15 is 0 Å². The van der Waals surface area contributed by atoms with Gasteiger partial charge in [-0.3, -0.25) is 9.97 Å². The smallest absolute Gasteiger partial charge is 0.227 e. The average Bonchev–Trinajstić information content (AvgIpc) is 3.91. The Labute approximate surface area is 338 Å². The molecule has 0 aliphatic carbocycles. The van der Waals surface area contributed by atoms with Crippen LogP contribution in [0.4, 0.5) is 17.1 Å². The summed E-state index contributed by atoms with van der Waals surface area (Å²) in [5.41, 5.74) is 11.2. The summed E-state index contributed by atoms with van der Waals surface area (Å²) in [6.45, 7) is 0. The first-order valence-electron chi connectivity index (χ1n) is 19.6. The fourth-order valence-electron chi connectivity index (χ4n) is 8.35. The highest BCUT2D eigenvalue weighted by molar-refractivity contribution is 6.10. The SMILES string of the molecule is c1ccc2cc(-c3ccc4c(ccc5cc(N(c6ccc(-c7cc8oc9ccccc9c8cn7)cc6)c6ccc(-c7nc8ccccc8o7)cc6)ccc54)c3)ncc2c1. The van der Waals surface area contributed by atoms with Crippen molar-refractivity contribution in [3.05, 3.63) is 194 Å². The van der Waals surface area contributed by atoms with Crippen molar-refractivity contribution < 1.29 is 8.83 Å². The van der Waals surface area contributed by atoms with Gasteiger partial charge in [0.05, 0.1) is 11.4 Å². The highest BCUT2D eigenvalue weighted by atomic mass is 16.3. The van der Waals surface area contributed by atoms with Crippen LogP contribution in [0.1, 0.15) is 0 Å².